The van der Waals surface area contributed by atoms with Crippen molar-refractivity contribution in [1.29, 1.82) is 0 Å². The minimum atomic E-state index is -4.44. The fourth-order valence-electron chi connectivity index (χ4n) is 4.25. The second-order valence-corrected chi connectivity index (χ2v) is 9.63. The summed E-state index contributed by atoms with van der Waals surface area (Å²) in [5.74, 6) is 0.151. The number of nitrogens with two attached hydrogens (primary N) is 1. The standard InChI is InChI=1S/C27H27ClF3N5O2.3C2H6/c1-17-6-8-18(9-7-17)25-34-36(26(38)35(25)13-12-27(29,30)31)16-23(32)21-11-10-20(37)14-24(21)33-15-19-4-2-3-5-22(19)28;3*1-2/h2-9H,10-16,32H2,1H3;3*1-2H3/b23-21-,33-24?;;;. The van der Waals surface area contributed by atoms with Gasteiger partial charge in [0, 0.05) is 41.4 Å². The molecule has 7 nitrogen and oxygen atoms in total. The number of aromatic nitrogens is 3. The summed E-state index contributed by atoms with van der Waals surface area (Å²) >= 11 is 6.23. The van der Waals surface area contributed by atoms with Crippen LogP contribution in [0.15, 0.2) is 69.6 Å². The van der Waals surface area contributed by atoms with Crippen molar-refractivity contribution >= 4 is 23.1 Å². The Morgan fingerprint density at radius 3 is 2.18 bits per heavy atom. The van der Waals surface area contributed by atoms with E-state index in [2.05, 4.69) is 10.1 Å². The second kappa shape index (κ2) is 18.9. The quantitative estimate of drug-likeness (QED) is 0.282. The van der Waals surface area contributed by atoms with Gasteiger partial charge in [-0.25, -0.2) is 9.48 Å². The highest BCUT2D eigenvalue weighted by Crippen LogP contribution is 2.25. The van der Waals surface area contributed by atoms with Crippen molar-refractivity contribution in [2.45, 2.75) is 100.0 Å². The van der Waals surface area contributed by atoms with Crippen LogP contribution in [0.4, 0.5) is 13.2 Å². The number of Topliss-reactive ketones (excluding diaryl/α,β-unsaturated/α-hetero) is 1. The summed E-state index contributed by atoms with van der Waals surface area (Å²) in [4.78, 5) is 29.9. The van der Waals surface area contributed by atoms with E-state index in [1.165, 1.54) is 0 Å². The van der Waals surface area contributed by atoms with Gasteiger partial charge < -0.3 is 5.73 Å². The van der Waals surface area contributed by atoms with E-state index in [1.54, 1.807) is 30.3 Å². The maximum atomic E-state index is 13.2. The molecule has 3 aromatic rings. The Kier molecular flexibility index (Phi) is 16.5. The van der Waals surface area contributed by atoms with E-state index in [-0.39, 0.29) is 43.2 Å². The molecule has 0 radical (unpaired) electrons. The van der Waals surface area contributed by atoms with Gasteiger partial charge in [-0.3, -0.25) is 14.4 Å². The molecule has 0 atom stereocenters. The largest absolute Gasteiger partial charge is 0.400 e. The predicted octanol–water partition coefficient (Wildman–Crippen LogP) is 8.31. The summed E-state index contributed by atoms with van der Waals surface area (Å²) in [5, 5.41) is 4.90. The minimum absolute atomic E-state index is 0.0229. The van der Waals surface area contributed by atoms with Crippen molar-refractivity contribution in [3.8, 4) is 11.4 Å². The Labute approximate surface area is 263 Å². The second-order valence-electron chi connectivity index (χ2n) is 9.22. The van der Waals surface area contributed by atoms with Crippen LogP contribution in [0.2, 0.25) is 5.02 Å². The first-order valence-electron chi connectivity index (χ1n) is 15.1. The van der Waals surface area contributed by atoms with E-state index in [0.29, 0.717) is 28.3 Å². The third-order valence-corrected chi connectivity index (χ3v) is 6.69. The summed E-state index contributed by atoms with van der Waals surface area (Å²) < 4.78 is 41.1. The van der Waals surface area contributed by atoms with Crippen LogP contribution in [0, 0.1) is 6.92 Å². The Bertz CT molecular complexity index is 1460. The van der Waals surface area contributed by atoms with Crippen molar-refractivity contribution in [3.63, 3.8) is 0 Å². The molecule has 242 valence electrons. The summed E-state index contributed by atoms with van der Waals surface area (Å²) in [5.41, 5.74) is 9.43. The van der Waals surface area contributed by atoms with E-state index < -0.39 is 24.8 Å². The Hall–Kier alpha value is -3.66. The predicted molar refractivity (Wildman–Crippen MR) is 174 cm³/mol. The third kappa shape index (κ3) is 11.1. The number of alkyl halides is 3. The number of rotatable bonds is 7. The summed E-state index contributed by atoms with van der Waals surface area (Å²) in [6.45, 7) is 13.4. The van der Waals surface area contributed by atoms with E-state index in [4.69, 9.17) is 17.3 Å². The molecule has 0 amide bonds. The highest BCUT2D eigenvalue weighted by atomic mass is 35.5. The molecule has 0 saturated heterocycles. The molecule has 0 spiro atoms. The van der Waals surface area contributed by atoms with Crippen molar-refractivity contribution in [3.05, 3.63) is 86.4 Å². The highest BCUT2D eigenvalue weighted by molar-refractivity contribution is 6.31. The molecule has 2 aromatic carbocycles. The molecule has 1 heterocycles. The lowest BCUT2D eigenvalue weighted by Crippen LogP contribution is -2.30. The number of ketones is 1. The third-order valence-electron chi connectivity index (χ3n) is 6.32. The number of carbonyl (C=O) groups is 1. The van der Waals surface area contributed by atoms with Crippen LogP contribution in [0.5, 0.6) is 0 Å². The van der Waals surface area contributed by atoms with Gasteiger partial charge in [-0.05, 0) is 30.5 Å². The molecular formula is C33H45ClF3N5O2. The molecule has 0 aliphatic heterocycles. The van der Waals surface area contributed by atoms with Crippen molar-refractivity contribution < 1.29 is 18.0 Å². The van der Waals surface area contributed by atoms with Crippen LogP contribution < -0.4 is 11.4 Å². The number of benzene rings is 2. The maximum Gasteiger partial charge on any atom is 0.390 e. The van der Waals surface area contributed by atoms with Gasteiger partial charge in [-0.15, -0.1) is 5.10 Å². The fourth-order valence-corrected chi connectivity index (χ4v) is 4.45. The van der Waals surface area contributed by atoms with E-state index >= 15 is 0 Å². The van der Waals surface area contributed by atoms with Gasteiger partial charge in [0.15, 0.2) is 5.82 Å². The van der Waals surface area contributed by atoms with E-state index in [1.807, 2.05) is 66.7 Å². The summed E-state index contributed by atoms with van der Waals surface area (Å²) in [6, 6.07) is 14.2. The van der Waals surface area contributed by atoms with Gasteiger partial charge in [0.25, 0.3) is 0 Å². The van der Waals surface area contributed by atoms with Crippen LogP contribution in [0.3, 0.4) is 0 Å². The number of hydrogen-bond acceptors (Lipinski definition) is 5. The molecule has 1 aliphatic carbocycles. The zero-order valence-electron chi connectivity index (χ0n) is 26.8. The maximum absolute atomic E-state index is 13.2. The van der Waals surface area contributed by atoms with Gasteiger partial charge >= 0.3 is 11.9 Å². The zero-order chi connectivity index (χ0) is 33.4. The first-order valence-corrected chi connectivity index (χ1v) is 15.5. The first kappa shape index (κ1) is 38.4. The lowest BCUT2D eigenvalue weighted by Gasteiger charge is -2.19. The molecule has 0 unspecified atom stereocenters. The van der Waals surface area contributed by atoms with E-state index in [0.717, 1.165) is 20.4 Å². The first-order chi connectivity index (χ1) is 21.0. The molecule has 4 rings (SSSR count). The molecule has 44 heavy (non-hydrogen) atoms. The average Bonchev–Trinajstić information content (AvgIpc) is 3.33. The van der Waals surface area contributed by atoms with E-state index in [9.17, 15) is 22.8 Å². The van der Waals surface area contributed by atoms with Gasteiger partial charge in [-0.1, -0.05) is 101 Å². The lowest BCUT2D eigenvalue weighted by molar-refractivity contribution is -0.136. The number of aryl methyl sites for hydroxylation is 1. The lowest BCUT2D eigenvalue weighted by atomic mass is 9.90. The van der Waals surface area contributed by atoms with Crippen LogP contribution in [-0.4, -0.2) is 32.0 Å². The van der Waals surface area contributed by atoms with Gasteiger partial charge in [0.05, 0.1) is 19.5 Å². The molecule has 0 bridgehead atoms. The highest BCUT2D eigenvalue weighted by Gasteiger charge is 2.29. The normalized spacial score (nSPS) is 14.9. The van der Waals surface area contributed by atoms with Crippen LogP contribution >= 0.6 is 11.6 Å². The molecule has 11 heteroatoms. The monoisotopic (exact) mass is 635 g/mol. The van der Waals surface area contributed by atoms with Crippen LogP contribution in [0.25, 0.3) is 11.4 Å². The number of carbonyl (C=O) groups excluding carboxylic acids is 1. The molecule has 1 saturated carbocycles. The molecule has 1 aliphatic rings. The topological polar surface area (TPSA) is 95.3 Å². The minimum Gasteiger partial charge on any atom is -0.400 e. The number of hydrogen-bond donors (Lipinski definition) is 1. The van der Waals surface area contributed by atoms with Crippen LogP contribution in [0.1, 0.15) is 78.4 Å². The van der Waals surface area contributed by atoms with Gasteiger partial charge in [-0.2, -0.15) is 13.2 Å². The number of allylic oxidation sites excluding steroid dienone is 2. The Balaban J connectivity index is 0.00000152. The summed E-state index contributed by atoms with van der Waals surface area (Å²) in [6.07, 6.45) is -4.88. The van der Waals surface area contributed by atoms with Crippen molar-refractivity contribution in [1.82, 2.24) is 14.3 Å². The average molecular weight is 636 g/mol. The summed E-state index contributed by atoms with van der Waals surface area (Å²) in [7, 11) is 0. The molecule has 2 N–H and O–H groups in total. The van der Waals surface area contributed by atoms with Crippen molar-refractivity contribution in [2.24, 2.45) is 10.7 Å². The number of halogens is 4. The smallest absolute Gasteiger partial charge is 0.390 e. The van der Waals surface area contributed by atoms with Gasteiger partial charge in [0.1, 0.15) is 5.78 Å². The Morgan fingerprint density at radius 1 is 0.977 bits per heavy atom. The molecule has 1 fully saturated rings. The van der Waals surface area contributed by atoms with Gasteiger partial charge in [0.2, 0.25) is 0 Å². The number of nitrogens with zero attached hydrogens (tertiary/aromatic N) is 4. The molecular weight excluding hydrogens is 591 g/mol. The van der Waals surface area contributed by atoms with Crippen LogP contribution in [-0.2, 0) is 24.4 Å². The zero-order valence-corrected chi connectivity index (χ0v) is 27.5. The van der Waals surface area contributed by atoms with Crippen molar-refractivity contribution in [2.75, 3.05) is 0 Å². The fraction of sp³-hybridized carbons (Fsp3) is 0.455. The Morgan fingerprint density at radius 2 is 1.59 bits per heavy atom. The number of aliphatic imine (C=N–C) groups is 1. The SMILES string of the molecule is CC.CC.CC.Cc1ccc(-c2nn(C/C(N)=C3\CCC(=O)CC3=NCc3ccccc3Cl)c(=O)n2CCC(F)(F)F)cc1. The molecule has 1 aromatic heterocycles.